The molecule has 4 N–H and O–H groups in total. The summed E-state index contributed by atoms with van der Waals surface area (Å²) in [5.41, 5.74) is 6.82. The Kier molecular flexibility index (Phi) is 5.75. The Bertz CT molecular complexity index is 1360. The number of aliphatic hydroxyl groups excluding tert-OH is 1. The predicted octanol–water partition coefficient (Wildman–Crippen LogP) is 2.29. The van der Waals surface area contributed by atoms with Gasteiger partial charge in [-0.25, -0.2) is 0 Å². The Morgan fingerprint density at radius 1 is 1.03 bits per heavy atom. The number of hydrogen-bond acceptors (Lipinski definition) is 9. The molecule has 0 bridgehead atoms. The van der Waals surface area contributed by atoms with Gasteiger partial charge in [0.15, 0.2) is 11.5 Å². The third kappa shape index (κ3) is 3.86. The number of ketones is 1. The molecule has 0 aromatic heterocycles. The number of carbonyl (C=O) groups excluding carboxylic acids is 4. The number of primary amides is 1. The third-order valence-electron chi connectivity index (χ3n) is 6.11. The van der Waals surface area contributed by atoms with Gasteiger partial charge >= 0.3 is 11.9 Å². The number of rotatable bonds is 4. The molecule has 0 saturated carbocycles. The van der Waals surface area contributed by atoms with Crippen LogP contribution in [0.1, 0.15) is 51.3 Å². The SMILES string of the molecule is CC(=O)Oc1ccc(N(C)C)c2c1C(=O)C1=C(O)c3c(cc(O)c(C(N)=O)c3OC(C)=O)C[C@@H]1C2. The van der Waals surface area contributed by atoms with Crippen LogP contribution >= 0.6 is 0 Å². The molecule has 4 rings (SSSR count). The molecular formula is C25H24N2O8. The van der Waals surface area contributed by atoms with Crippen molar-refractivity contribution in [3.63, 3.8) is 0 Å². The highest BCUT2D eigenvalue weighted by Gasteiger charge is 2.42. The highest BCUT2D eigenvalue weighted by atomic mass is 16.5. The van der Waals surface area contributed by atoms with Gasteiger partial charge in [0.05, 0.1) is 11.1 Å². The second-order valence-corrected chi connectivity index (χ2v) is 8.71. The van der Waals surface area contributed by atoms with E-state index < -0.39 is 52.4 Å². The molecule has 10 nitrogen and oxygen atoms in total. The van der Waals surface area contributed by atoms with Crippen LogP contribution in [0.25, 0.3) is 5.76 Å². The van der Waals surface area contributed by atoms with E-state index in [4.69, 9.17) is 15.2 Å². The molecule has 0 saturated heterocycles. The number of aliphatic hydroxyl groups is 1. The number of esters is 2. The number of aromatic hydroxyl groups is 1. The van der Waals surface area contributed by atoms with Crippen molar-refractivity contribution in [1.82, 2.24) is 0 Å². The van der Waals surface area contributed by atoms with Crippen molar-refractivity contribution in [2.24, 2.45) is 11.7 Å². The Morgan fingerprint density at radius 3 is 2.26 bits per heavy atom. The molecule has 1 atom stereocenters. The fraction of sp³-hybridized carbons (Fsp3) is 0.280. The minimum absolute atomic E-state index is 0.0313. The van der Waals surface area contributed by atoms with E-state index in [1.165, 1.54) is 19.1 Å². The number of nitrogens with zero attached hydrogens (tertiary/aromatic N) is 1. The van der Waals surface area contributed by atoms with Crippen LogP contribution in [0.5, 0.6) is 17.2 Å². The standard InChI is InChI=1S/C25H24N2O8/c1-10(28)34-17-6-5-15(27(3)4)14-8-12-7-13-9-16(30)21(25(26)33)24(35-11(2)29)19(13)22(31)18(12)23(32)20(14)17/h5-6,9,12,30-31H,7-8H2,1-4H3,(H2,26,33)/t12-/m1/s1. The molecule has 10 heteroatoms. The average Bonchev–Trinajstić information content (AvgIpc) is 2.71. The minimum atomic E-state index is -1.07. The molecule has 0 fully saturated rings. The second-order valence-electron chi connectivity index (χ2n) is 8.71. The van der Waals surface area contributed by atoms with Gasteiger partial charge in [-0.3, -0.25) is 19.2 Å². The summed E-state index contributed by atoms with van der Waals surface area (Å²) in [6, 6.07) is 4.55. The maximum absolute atomic E-state index is 13.8. The summed E-state index contributed by atoms with van der Waals surface area (Å²) in [4.78, 5) is 51.1. The summed E-state index contributed by atoms with van der Waals surface area (Å²) < 4.78 is 10.5. The van der Waals surface area contributed by atoms with Gasteiger partial charge < -0.3 is 30.3 Å². The summed E-state index contributed by atoms with van der Waals surface area (Å²) in [5, 5.41) is 21.8. The molecule has 2 aliphatic carbocycles. The van der Waals surface area contributed by atoms with Crippen molar-refractivity contribution in [1.29, 1.82) is 0 Å². The Labute approximate surface area is 200 Å². The Hall–Kier alpha value is -4.34. The number of phenols is 1. The van der Waals surface area contributed by atoms with Crippen molar-refractivity contribution in [3.8, 4) is 17.2 Å². The van der Waals surface area contributed by atoms with Crippen molar-refractivity contribution < 1.29 is 38.9 Å². The quantitative estimate of drug-likeness (QED) is 0.441. The fourth-order valence-electron chi connectivity index (χ4n) is 4.87. The molecule has 182 valence electrons. The number of benzene rings is 2. The topological polar surface area (TPSA) is 156 Å². The zero-order valence-corrected chi connectivity index (χ0v) is 19.6. The van der Waals surface area contributed by atoms with Gasteiger partial charge in [-0.2, -0.15) is 0 Å². The van der Waals surface area contributed by atoms with E-state index in [1.807, 2.05) is 19.0 Å². The Balaban J connectivity index is 2.01. The lowest BCUT2D eigenvalue weighted by molar-refractivity contribution is -0.132. The van der Waals surface area contributed by atoms with Crippen LogP contribution < -0.4 is 20.1 Å². The van der Waals surface area contributed by atoms with Gasteiger partial charge in [0.2, 0.25) is 0 Å². The molecule has 1 amide bonds. The van der Waals surface area contributed by atoms with Gasteiger partial charge in [0, 0.05) is 39.2 Å². The number of anilines is 1. The summed E-state index contributed by atoms with van der Waals surface area (Å²) in [7, 11) is 3.64. The lowest BCUT2D eigenvalue weighted by Crippen LogP contribution is -2.32. The van der Waals surface area contributed by atoms with E-state index >= 15 is 0 Å². The summed E-state index contributed by atoms with van der Waals surface area (Å²) in [6.45, 7) is 2.31. The summed E-state index contributed by atoms with van der Waals surface area (Å²) in [6.07, 6.45) is 0.523. The van der Waals surface area contributed by atoms with Gasteiger partial charge in [-0.05, 0) is 48.1 Å². The first-order valence-electron chi connectivity index (χ1n) is 10.8. The molecule has 0 radical (unpaired) electrons. The van der Waals surface area contributed by atoms with Crippen LogP contribution in [-0.2, 0) is 22.4 Å². The van der Waals surface area contributed by atoms with Crippen LogP contribution in [-0.4, -0.2) is 47.9 Å². The molecular weight excluding hydrogens is 456 g/mol. The average molecular weight is 480 g/mol. The van der Waals surface area contributed by atoms with Crippen LogP contribution in [0.15, 0.2) is 23.8 Å². The lowest BCUT2D eigenvalue weighted by atomic mass is 9.70. The second kappa shape index (κ2) is 8.46. The van der Waals surface area contributed by atoms with Gasteiger partial charge in [0.1, 0.15) is 22.8 Å². The molecule has 2 aliphatic rings. The van der Waals surface area contributed by atoms with Gasteiger partial charge in [0.25, 0.3) is 5.91 Å². The van der Waals surface area contributed by atoms with Gasteiger partial charge in [-0.1, -0.05) is 0 Å². The maximum Gasteiger partial charge on any atom is 0.308 e. The van der Waals surface area contributed by atoms with Crippen molar-refractivity contribution in [2.75, 3.05) is 19.0 Å². The molecule has 0 spiro atoms. The first-order chi connectivity index (χ1) is 16.4. The summed E-state index contributed by atoms with van der Waals surface area (Å²) >= 11 is 0. The number of nitrogens with two attached hydrogens (primary N) is 1. The van der Waals surface area contributed by atoms with E-state index in [-0.39, 0.29) is 28.9 Å². The van der Waals surface area contributed by atoms with Crippen LogP contribution in [0.3, 0.4) is 0 Å². The molecule has 0 unspecified atom stereocenters. The van der Waals surface area contributed by atoms with Crippen molar-refractivity contribution >= 4 is 35.1 Å². The number of Topliss-reactive ketones (excluding diaryl/α,β-unsaturated/α-hetero) is 1. The van der Waals surface area contributed by atoms with E-state index in [1.54, 1.807) is 6.07 Å². The summed E-state index contributed by atoms with van der Waals surface area (Å²) in [5.74, 6) is -4.87. The molecule has 2 aromatic rings. The maximum atomic E-state index is 13.8. The predicted molar refractivity (Wildman–Crippen MR) is 125 cm³/mol. The van der Waals surface area contributed by atoms with E-state index in [0.29, 0.717) is 17.5 Å². The normalized spacial score (nSPS) is 16.1. The number of allylic oxidation sites excluding steroid dienone is 1. The minimum Gasteiger partial charge on any atom is -0.507 e. The zero-order valence-electron chi connectivity index (χ0n) is 19.6. The Morgan fingerprint density at radius 2 is 1.69 bits per heavy atom. The fourth-order valence-corrected chi connectivity index (χ4v) is 4.87. The first-order valence-corrected chi connectivity index (χ1v) is 10.8. The van der Waals surface area contributed by atoms with E-state index in [0.717, 1.165) is 12.6 Å². The van der Waals surface area contributed by atoms with Crippen molar-refractivity contribution in [3.05, 3.63) is 51.6 Å². The molecule has 35 heavy (non-hydrogen) atoms. The largest absolute Gasteiger partial charge is 0.507 e. The number of amides is 1. The van der Waals surface area contributed by atoms with E-state index in [9.17, 15) is 29.4 Å². The molecule has 0 aliphatic heterocycles. The number of hydrogen-bond donors (Lipinski definition) is 3. The zero-order chi connectivity index (χ0) is 25.8. The molecule has 2 aromatic carbocycles. The smallest absolute Gasteiger partial charge is 0.308 e. The van der Waals surface area contributed by atoms with Gasteiger partial charge in [-0.15, -0.1) is 0 Å². The van der Waals surface area contributed by atoms with Crippen LogP contribution in [0.2, 0.25) is 0 Å². The monoisotopic (exact) mass is 480 g/mol. The third-order valence-corrected chi connectivity index (χ3v) is 6.11. The lowest BCUT2D eigenvalue weighted by Gasteiger charge is -2.35. The van der Waals surface area contributed by atoms with Crippen LogP contribution in [0.4, 0.5) is 5.69 Å². The number of carbonyl (C=O) groups is 4. The highest BCUT2D eigenvalue weighted by Crippen LogP contribution is 2.49. The first kappa shape index (κ1) is 23.8. The van der Waals surface area contributed by atoms with Crippen LogP contribution in [0, 0.1) is 5.92 Å². The van der Waals surface area contributed by atoms with E-state index in [2.05, 4.69) is 0 Å². The highest BCUT2D eigenvalue weighted by molar-refractivity contribution is 6.18. The number of ether oxygens (including phenoxy) is 2. The van der Waals surface area contributed by atoms with Crippen molar-refractivity contribution in [2.45, 2.75) is 26.7 Å². The molecule has 0 heterocycles. The number of fused-ring (bicyclic) bond motifs is 3.